The van der Waals surface area contributed by atoms with Crippen molar-refractivity contribution in [3.63, 3.8) is 0 Å². The first-order valence-corrected chi connectivity index (χ1v) is 8.21. The third kappa shape index (κ3) is 3.64. The van der Waals surface area contributed by atoms with E-state index in [4.69, 9.17) is 21.1 Å². The minimum Gasteiger partial charge on any atom is -0.495 e. The molecular weight excluding hydrogens is 318 g/mol. The van der Waals surface area contributed by atoms with Gasteiger partial charge in [0.2, 0.25) is 0 Å². The first-order valence-electron chi connectivity index (χ1n) is 7.84. The molecule has 1 saturated carbocycles. The molecule has 1 heterocycles. The van der Waals surface area contributed by atoms with Crippen LogP contribution in [0.3, 0.4) is 0 Å². The molecule has 1 N–H and O–H groups in total. The molecule has 0 radical (unpaired) electrons. The number of carbonyl (C=O) groups excluding carboxylic acids is 1. The fourth-order valence-corrected chi connectivity index (χ4v) is 3.11. The highest BCUT2D eigenvalue weighted by Crippen LogP contribution is 2.36. The number of rotatable bonds is 4. The van der Waals surface area contributed by atoms with Crippen molar-refractivity contribution in [2.75, 3.05) is 45.7 Å². The summed E-state index contributed by atoms with van der Waals surface area (Å²) in [6.07, 6.45) is 2.60. The van der Waals surface area contributed by atoms with E-state index < -0.39 is 0 Å². The van der Waals surface area contributed by atoms with Crippen LogP contribution in [-0.4, -0.2) is 62.3 Å². The lowest BCUT2D eigenvalue weighted by Gasteiger charge is -2.34. The molecule has 126 valence electrons. The van der Waals surface area contributed by atoms with Crippen LogP contribution in [0.15, 0.2) is 12.1 Å². The molecule has 1 aliphatic carbocycles. The molecule has 3 rings (SSSR count). The molecule has 2 amide bonds. The lowest BCUT2D eigenvalue weighted by molar-refractivity contribution is 0.142. The Kier molecular flexibility index (Phi) is 4.82. The van der Waals surface area contributed by atoms with Gasteiger partial charge in [-0.3, -0.25) is 4.90 Å². The van der Waals surface area contributed by atoms with E-state index in [9.17, 15) is 4.79 Å². The van der Waals surface area contributed by atoms with Crippen LogP contribution in [0.25, 0.3) is 0 Å². The third-order valence-corrected chi connectivity index (χ3v) is 4.68. The minimum absolute atomic E-state index is 0.122. The summed E-state index contributed by atoms with van der Waals surface area (Å²) in [5, 5.41) is 3.34. The number of carbonyl (C=O) groups is 1. The number of piperazine rings is 1. The Labute approximate surface area is 141 Å². The molecule has 0 aromatic heterocycles. The summed E-state index contributed by atoms with van der Waals surface area (Å²) in [4.78, 5) is 16.8. The second-order valence-electron chi connectivity index (χ2n) is 5.87. The zero-order chi connectivity index (χ0) is 16.4. The Morgan fingerprint density at radius 3 is 2.35 bits per heavy atom. The van der Waals surface area contributed by atoms with Crippen LogP contribution in [-0.2, 0) is 0 Å². The molecule has 1 aromatic carbocycles. The molecule has 0 atom stereocenters. The predicted molar refractivity (Wildman–Crippen MR) is 89.7 cm³/mol. The van der Waals surface area contributed by atoms with Crippen LogP contribution in [0.5, 0.6) is 11.5 Å². The molecule has 0 spiro atoms. The number of anilines is 1. The van der Waals surface area contributed by atoms with E-state index in [1.165, 1.54) is 20.0 Å². The fraction of sp³-hybridized carbons (Fsp3) is 0.562. The van der Waals surface area contributed by atoms with Crippen molar-refractivity contribution in [1.82, 2.24) is 9.80 Å². The number of halogens is 1. The first-order chi connectivity index (χ1) is 11.1. The summed E-state index contributed by atoms with van der Waals surface area (Å²) in [6, 6.07) is 3.95. The SMILES string of the molecule is COc1cc(NC(=O)N2CCN(C3CC3)CC2)c(OC)cc1Cl. The van der Waals surface area contributed by atoms with Crippen molar-refractivity contribution in [3.8, 4) is 11.5 Å². The van der Waals surface area contributed by atoms with Crippen LogP contribution in [0.2, 0.25) is 5.02 Å². The van der Waals surface area contributed by atoms with Gasteiger partial charge in [0.05, 0.1) is 24.9 Å². The zero-order valence-corrected chi connectivity index (χ0v) is 14.2. The number of hydrogen-bond donors (Lipinski definition) is 1. The maximum Gasteiger partial charge on any atom is 0.322 e. The molecule has 6 nitrogen and oxygen atoms in total. The molecular formula is C16H22ClN3O3. The van der Waals surface area contributed by atoms with E-state index in [0.717, 1.165) is 32.2 Å². The van der Waals surface area contributed by atoms with Crippen LogP contribution in [0.4, 0.5) is 10.5 Å². The van der Waals surface area contributed by atoms with E-state index in [1.54, 1.807) is 19.2 Å². The third-order valence-electron chi connectivity index (χ3n) is 4.38. The van der Waals surface area contributed by atoms with E-state index in [-0.39, 0.29) is 6.03 Å². The first kappa shape index (κ1) is 16.2. The summed E-state index contributed by atoms with van der Waals surface area (Å²) >= 11 is 6.08. The summed E-state index contributed by atoms with van der Waals surface area (Å²) in [5.74, 6) is 1.02. The monoisotopic (exact) mass is 339 g/mol. The van der Waals surface area contributed by atoms with E-state index in [1.807, 2.05) is 4.90 Å². The average Bonchev–Trinajstić information content (AvgIpc) is 3.41. The zero-order valence-electron chi connectivity index (χ0n) is 13.5. The largest absolute Gasteiger partial charge is 0.495 e. The van der Waals surface area contributed by atoms with Crippen LogP contribution >= 0.6 is 11.6 Å². The van der Waals surface area contributed by atoms with Gasteiger partial charge in [0.25, 0.3) is 0 Å². The number of urea groups is 1. The highest BCUT2D eigenvalue weighted by Gasteiger charge is 2.32. The van der Waals surface area contributed by atoms with Crippen molar-refractivity contribution in [1.29, 1.82) is 0 Å². The van der Waals surface area contributed by atoms with Crippen molar-refractivity contribution in [2.45, 2.75) is 18.9 Å². The topological polar surface area (TPSA) is 54.0 Å². The van der Waals surface area contributed by atoms with Gasteiger partial charge in [-0.1, -0.05) is 11.6 Å². The van der Waals surface area contributed by atoms with Gasteiger partial charge in [0.1, 0.15) is 11.5 Å². The molecule has 1 aromatic rings. The number of methoxy groups -OCH3 is 2. The number of benzene rings is 1. The lowest BCUT2D eigenvalue weighted by atomic mass is 10.2. The van der Waals surface area contributed by atoms with Gasteiger partial charge in [-0.25, -0.2) is 4.79 Å². The number of amides is 2. The highest BCUT2D eigenvalue weighted by molar-refractivity contribution is 6.32. The quantitative estimate of drug-likeness (QED) is 0.916. The van der Waals surface area contributed by atoms with E-state index in [2.05, 4.69) is 10.2 Å². The van der Waals surface area contributed by atoms with Crippen molar-refractivity contribution in [3.05, 3.63) is 17.2 Å². The summed E-state index contributed by atoms with van der Waals surface area (Å²) in [7, 11) is 3.08. The van der Waals surface area contributed by atoms with Gasteiger partial charge in [0, 0.05) is 44.4 Å². The Balaban J connectivity index is 1.65. The molecule has 1 aliphatic heterocycles. The summed E-state index contributed by atoms with van der Waals surface area (Å²) < 4.78 is 10.5. The van der Waals surface area contributed by atoms with Gasteiger partial charge < -0.3 is 19.7 Å². The van der Waals surface area contributed by atoms with Gasteiger partial charge >= 0.3 is 6.03 Å². The van der Waals surface area contributed by atoms with Crippen molar-refractivity contribution >= 4 is 23.3 Å². The Hall–Kier alpha value is -1.66. The fourth-order valence-electron chi connectivity index (χ4n) is 2.88. The Morgan fingerprint density at radius 1 is 1.13 bits per heavy atom. The standard InChI is InChI=1S/C16H22ClN3O3/c1-22-14-10-13(15(23-2)9-12(14)17)18-16(21)20-7-5-19(6-8-20)11-3-4-11/h9-11H,3-8H2,1-2H3,(H,18,21). The smallest absolute Gasteiger partial charge is 0.322 e. The lowest BCUT2D eigenvalue weighted by Crippen LogP contribution is -2.50. The van der Waals surface area contributed by atoms with Gasteiger partial charge in [-0.15, -0.1) is 0 Å². The van der Waals surface area contributed by atoms with Crippen molar-refractivity contribution in [2.24, 2.45) is 0 Å². The molecule has 2 aliphatic rings. The van der Waals surface area contributed by atoms with Crippen LogP contribution in [0.1, 0.15) is 12.8 Å². The van der Waals surface area contributed by atoms with Crippen molar-refractivity contribution < 1.29 is 14.3 Å². The van der Waals surface area contributed by atoms with Crippen LogP contribution < -0.4 is 14.8 Å². The highest BCUT2D eigenvalue weighted by atomic mass is 35.5. The molecule has 0 unspecified atom stereocenters. The Morgan fingerprint density at radius 2 is 1.78 bits per heavy atom. The Bertz CT molecular complexity index is 584. The summed E-state index contributed by atoms with van der Waals surface area (Å²) in [6.45, 7) is 3.38. The molecule has 0 bridgehead atoms. The van der Waals surface area contributed by atoms with Gasteiger partial charge in [-0.2, -0.15) is 0 Å². The number of nitrogens with one attached hydrogen (secondary N) is 1. The number of nitrogens with zero attached hydrogens (tertiary/aromatic N) is 2. The minimum atomic E-state index is -0.122. The molecule has 2 fully saturated rings. The maximum atomic E-state index is 12.5. The normalized spacial score (nSPS) is 18.7. The van der Waals surface area contributed by atoms with Gasteiger partial charge in [-0.05, 0) is 12.8 Å². The number of ether oxygens (including phenoxy) is 2. The number of hydrogen-bond acceptors (Lipinski definition) is 4. The summed E-state index contributed by atoms with van der Waals surface area (Å²) in [5.41, 5.74) is 0.559. The van der Waals surface area contributed by atoms with Crippen LogP contribution in [0, 0.1) is 0 Å². The molecule has 1 saturated heterocycles. The average molecular weight is 340 g/mol. The predicted octanol–water partition coefficient (Wildman–Crippen LogP) is 2.67. The van der Waals surface area contributed by atoms with E-state index >= 15 is 0 Å². The second kappa shape index (κ2) is 6.84. The maximum absolute atomic E-state index is 12.5. The molecule has 23 heavy (non-hydrogen) atoms. The van der Waals surface area contributed by atoms with E-state index in [0.29, 0.717) is 22.2 Å². The van der Waals surface area contributed by atoms with Gasteiger partial charge in [0.15, 0.2) is 0 Å². The second-order valence-corrected chi connectivity index (χ2v) is 6.28. The molecule has 7 heteroatoms.